The number of benzene rings is 1. The number of nitrogen functional groups attached to an aromatic ring is 1. The highest BCUT2D eigenvalue weighted by atomic mass is 19.1. The highest BCUT2D eigenvalue weighted by Crippen LogP contribution is 2.14. The van der Waals surface area contributed by atoms with E-state index in [1.54, 1.807) is 11.0 Å². The number of anilines is 1. The molecule has 0 bridgehead atoms. The number of halogens is 1. The minimum atomic E-state index is -0.538. The molecule has 0 radical (unpaired) electrons. The van der Waals surface area contributed by atoms with Crippen LogP contribution in [0.4, 0.5) is 10.1 Å². The molecule has 0 atom stereocenters. The van der Waals surface area contributed by atoms with Gasteiger partial charge in [-0.15, -0.1) is 0 Å². The van der Waals surface area contributed by atoms with Crippen molar-refractivity contribution in [1.29, 1.82) is 0 Å². The van der Waals surface area contributed by atoms with Crippen LogP contribution in [0.2, 0.25) is 0 Å². The molecule has 1 aliphatic rings. The number of nitrogens with zero attached hydrogens (tertiary/aromatic N) is 1. The van der Waals surface area contributed by atoms with Crippen LogP contribution in [0.5, 0.6) is 0 Å². The van der Waals surface area contributed by atoms with E-state index >= 15 is 0 Å². The van der Waals surface area contributed by atoms with Crippen molar-refractivity contribution in [2.24, 2.45) is 0 Å². The third-order valence-electron chi connectivity index (χ3n) is 2.87. The number of carbonyl (C=O) groups is 1. The molecule has 0 aromatic heterocycles. The fourth-order valence-electron chi connectivity index (χ4n) is 1.89. The second kappa shape index (κ2) is 5.14. The molecule has 4 nitrogen and oxygen atoms in total. The summed E-state index contributed by atoms with van der Waals surface area (Å²) in [5.74, 6) is -0.670. The molecule has 0 unspecified atom stereocenters. The van der Waals surface area contributed by atoms with Crippen molar-refractivity contribution in [3.05, 3.63) is 29.6 Å². The summed E-state index contributed by atoms with van der Waals surface area (Å²) < 4.78 is 13.3. The first kappa shape index (κ1) is 11.9. The molecule has 5 heteroatoms. The Balaban J connectivity index is 2.14. The lowest BCUT2D eigenvalue weighted by molar-refractivity contribution is 0.0766. The molecule has 2 rings (SSSR count). The molecule has 1 aromatic carbocycles. The summed E-state index contributed by atoms with van der Waals surface area (Å²) in [6.45, 7) is 3.06. The van der Waals surface area contributed by atoms with Crippen LogP contribution in [0, 0.1) is 5.82 Å². The largest absolute Gasteiger partial charge is 0.396 e. The zero-order valence-corrected chi connectivity index (χ0v) is 9.58. The summed E-state index contributed by atoms with van der Waals surface area (Å²) in [4.78, 5) is 13.8. The molecular formula is C12H16FN3O. The van der Waals surface area contributed by atoms with Gasteiger partial charge in [-0.3, -0.25) is 4.79 Å². The van der Waals surface area contributed by atoms with Gasteiger partial charge in [-0.25, -0.2) is 4.39 Å². The topological polar surface area (TPSA) is 58.4 Å². The van der Waals surface area contributed by atoms with Crippen molar-refractivity contribution >= 4 is 11.6 Å². The highest BCUT2D eigenvalue weighted by Gasteiger charge is 2.17. The molecular weight excluding hydrogens is 221 g/mol. The molecule has 1 heterocycles. The van der Waals surface area contributed by atoms with Crippen molar-refractivity contribution in [1.82, 2.24) is 10.2 Å². The van der Waals surface area contributed by atoms with E-state index in [1.807, 2.05) is 0 Å². The third kappa shape index (κ3) is 2.74. The van der Waals surface area contributed by atoms with E-state index in [-0.39, 0.29) is 11.6 Å². The van der Waals surface area contributed by atoms with Gasteiger partial charge in [-0.2, -0.15) is 0 Å². The molecule has 1 fully saturated rings. The van der Waals surface area contributed by atoms with Gasteiger partial charge in [-0.05, 0) is 31.2 Å². The highest BCUT2D eigenvalue weighted by molar-refractivity contribution is 5.94. The van der Waals surface area contributed by atoms with Crippen LogP contribution in [-0.4, -0.2) is 37.0 Å². The van der Waals surface area contributed by atoms with E-state index in [0.717, 1.165) is 19.5 Å². The monoisotopic (exact) mass is 237 g/mol. The summed E-state index contributed by atoms with van der Waals surface area (Å²) in [6.07, 6.45) is 0.920. The summed E-state index contributed by atoms with van der Waals surface area (Å²) in [7, 11) is 0. The number of hydrogen-bond donors (Lipinski definition) is 2. The van der Waals surface area contributed by atoms with Crippen molar-refractivity contribution < 1.29 is 9.18 Å². The molecule has 0 spiro atoms. The number of rotatable bonds is 1. The predicted octanol–water partition coefficient (Wildman–Crippen LogP) is 0.843. The molecule has 92 valence electrons. The quantitative estimate of drug-likeness (QED) is 0.712. The predicted molar refractivity (Wildman–Crippen MR) is 64.2 cm³/mol. The molecule has 1 amide bonds. The lowest BCUT2D eigenvalue weighted by atomic mass is 10.1. The van der Waals surface area contributed by atoms with Crippen LogP contribution in [-0.2, 0) is 0 Å². The fourth-order valence-corrected chi connectivity index (χ4v) is 1.89. The van der Waals surface area contributed by atoms with E-state index in [9.17, 15) is 9.18 Å². The van der Waals surface area contributed by atoms with Gasteiger partial charge in [0.05, 0.1) is 5.69 Å². The van der Waals surface area contributed by atoms with Crippen LogP contribution in [0.1, 0.15) is 16.8 Å². The van der Waals surface area contributed by atoms with Crippen LogP contribution >= 0.6 is 0 Å². The fraction of sp³-hybridized carbons (Fsp3) is 0.417. The SMILES string of the molecule is Nc1ccc(C(=O)N2CCCNCC2)cc1F. The summed E-state index contributed by atoms with van der Waals surface area (Å²) in [5.41, 5.74) is 5.81. The average Bonchev–Trinajstić information content (AvgIpc) is 2.60. The molecule has 0 saturated carbocycles. The summed E-state index contributed by atoms with van der Waals surface area (Å²) in [5, 5.41) is 3.22. The summed E-state index contributed by atoms with van der Waals surface area (Å²) >= 11 is 0. The zero-order chi connectivity index (χ0) is 12.3. The van der Waals surface area contributed by atoms with Gasteiger partial charge in [0.25, 0.3) is 5.91 Å². The number of nitrogens with two attached hydrogens (primary N) is 1. The van der Waals surface area contributed by atoms with E-state index < -0.39 is 5.82 Å². The Morgan fingerprint density at radius 3 is 2.94 bits per heavy atom. The zero-order valence-electron chi connectivity index (χ0n) is 9.58. The first-order chi connectivity index (χ1) is 8.18. The Bertz CT molecular complexity index is 414. The second-order valence-corrected chi connectivity index (χ2v) is 4.13. The van der Waals surface area contributed by atoms with Gasteiger partial charge in [0.1, 0.15) is 5.82 Å². The maximum atomic E-state index is 13.3. The Morgan fingerprint density at radius 2 is 2.18 bits per heavy atom. The van der Waals surface area contributed by atoms with E-state index in [0.29, 0.717) is 18.7 Å². The standard InChI is InChI=1S/C12H16FN3O/c13-10-8-9(2-3-11(10)14)12(17)16-6-1-4-15-5-7-16/h2-3,8,15H,1,4-7,14H2. The van der Waals surface area contributed by atoms with Crippen LogP contribution in [0.25, 0.3) is 0 Å². The minimum absolute atomic E-state index is 0.0686. The molecule has 0 aliphatic carbocycles. The van der Waals surface area contributed by atoms with E-state index in [4.69, 9.17) is 5.73 Å². The number of carbonyl (C=O) groups excluding carboxylic acids is 1. The minimum Gasteiger partial charge on any atom is -0.396 e. The van der Waals surface area contributed by atoms with Crippen molar-refractivity contribution in [2.45, 2.75) is 6.42 Å². The maximum Gasteiger partial charge on any atom is 0.254 e. The molecule has 1 aromatic rings. The lowest BCUT2D eigenvalue weighted by Crippen LogP contribution is -2.34. The van der Waals surface area contributed by atoms with Crippen molar-refractivity contribution in [2.75, 3.05) is 31.9 Å². The van der Waals surface area contributed by atoms with Gasteiger partial charge < -0.3 is 16.0 Å². The van der Waals surface area contributed by atoms with Gasteiger partial charge in [0, 0.05) is 25.2 Å². The van der Waals surface area contributed by atoms with Crippen LogP contribution in [0.15, 0.2) is 18.2 Å². The van der Waals surface area contributed by atoms with Gasteiger partial charge in [0.2, 0.25) is 0 Å². The van der Waals surface area contributed by atoms with Gasteiger partial charge >= 0.3 is 0 Å². The van der Waals surface area contributed by atoms with Gasteiger partial charge in [0.15, 0.2) is 0 Å². The van der Waals surface area contributed by atoms with E-state index in [1.165, 1.54) is 12.1 Å². The number of nitrogens with one attached hydrogen (secondary N) is 1. The molecule has 1 saturated heterocycles. The Labute approximate surface area is 99.6 Å². The van der Waals surface area contributed by atoms with Crippen LogP contribution in [0.3, 0.4) is 0 Å². The maximum absolute atomic E-state index is 13.3. The Kier molecular flexibility index (Phi) is 3.58. The average molecular weight is 237 g/mol. The van der Waals surface area contributed by atoms with Crippen molar-refractivity contribution in [3.8, 4) is 0 Å². The molecule has 17 heavy (non-hydrogen) atoms. The molecule has 3 N–H and O–H groups in total. The Morgan fingerprint density at radius 1 is 1.35 bits per heavy atom. The summed E-state index contributed by atoms with van der Waals surface area (Å²) in [6, 6.07) is 4.20. The number of hydrogen-bond acceptors (Lipinski definition) is 3. The second-order valence-electron chi connectivity index (χ2n) is 4.13. The van der Waals surface area contributed by atoms with Crippen LogP contribution < -0.4 is 11.1 Å². The third-order valence-corrected chi connectivity index (χ3v) is 2.87. The van der Waals surface area contributed by atoms with Gasteiger partial charge in [-0.1, -0.05) is 0 Å². The van der Waals surface area contributed by atoms with Crippen molar-refractivity contribution in [3.63, 3.8) is 0 Å². The lowest BCUT2D eigenvalue weighted by Gasteiger charge is -2.20. The van der Waals surface area contributed by atoms with E-state index in [2.05, 4.69) is 5.32 Å². The first-order valence-corrected chi connectivity index (χ1v) is 5.73. The first-order valence-electron chi connectivity index (χ1n) is 5.73. The normalized spacial score (nSPS) is 16.6. The smallest absolute Gasteiger partial charge is 0.254 e. The Hall–Kier alpha value is -1.62. The molecule has 1 aliphatic heterocycles. The number of amides is 1.